The Hall–Kier alpha value is -2.65. The molecule has 0 aliphatic carbocycles. The predicted molar refractivity (Wildman–Crippen MR) is 131 cm³/mol. The molecule has 1 aromatic heterocycles. The maximum Gasteiger partial charge on any atom is 0.217 e. The van der Waals surface area contributed by atoms with Gasteiger partial charge in [0.15, 0.2) is 11.4 Å². The third kappa shape index (κ3) is 5.88. The Morgan fingerprint density at radius 1 is 1.09 bits per heavy atom. The van der Waals surface area contributed by atoms with Crippen molar-refractivity contribution in [2.45, 2.75) is 50.7 Å². The van der Waals surface area contributed by atoms with Crippen LogP contribution in [-0.2, 0) is 34.5 Å². The summed E-state index contributed by atoms with van der Waals surface area (Å²) in [5.41, 5.74) is 3.88. The van der Waals surface area contributed by atoms with Gasteiger partial charge < -0.3 is 24.5 Å². The number of thioether (sulfide) groups is 1. The molecular formula is C26H31N3O4S. The highest BCUT2D eigenvalue weighted by Crippen LogP contribution is 2.42. The average molecular weight is 482 g/mol. The van der Waals surface area contributed by atoms with Gasteiger partial charge in [-0.2, -0.15) is 0 Å². The van der Waals surface area contributed by atoms with Crippen LogP contribution in [0.2, 0.25) is 0 Å². The number of ether oxygens (including phenoxy) is 2. The number of aromatic nitrogens is 2. The molecule has 1 fully saturated rings. The molecule has 1 aliphatic heterocycles. The SMILES string of the molecule is CC(=O)NCc1ccc([C@@H]2O[C@H](CSc3nccn3C)[C@H](C)[C@H](c3ccc(CO)cc3)O2)cc1. The zero-order chi connectivity index (χ0) is 24.1. The van der Waals surface area contributed by atoms with Crippen LogP contribution in [0.15, 0.2) is 66.1 Å². The van der Waals surface area contributed by atoms with Gasteiger partial charge in [-0.3, -0.25) is 4.79 Å². The minimum atomic E-state index is -0.513. The van der Waals surface area contributed by atoms with Gasteiger partial charge >= 0.3 is 0 Å². The number of aryl methyl sites for hydroxylation is 1. The van der Waals surface area contributed by atoms with E-state index in [0.29, 0.717) is 6.54 Å². The van der Waals surface area contributed by atoms with Crippen LogP contribution in [0.5, 0.6) is 0 Å². The minimum Gasteiger partial charge on any atom is -0.392 e. The lowest BCUT2D eigenvalue weighted by Crippen LogP contribution is -2.38. The van der Waals surface area contributed by atoms with Crippen molar-refractivity contribution in [2.75, 3.05) is 5.75 Å². The van der Waals surface area contributed by atoms with Crippen LogP contribution < -0.4 is 5.32 Å². The largest absolute Gasteiger partial charge is 0.392 e. The normalized spacial score (nSPS) is 22.5. The van der Waals surface area contributed by atoms with Crippen molar-refractivity contribution in [1.82, 2.24) is 14.9 Å². The minimum absolute atomic E-state index is 0.0147. The van der Waals surface area contributed by atoms with E-state index in [-0.39, 0.29) is 30.6 Å². The number of hydrogen-bond donors (Lipinski definition) is 2. The highest BCUT2D eigenvalue weighted by Gasteiger charge is 2.38. The van der Waals surface area contributed by atoms with Crippen LogP contribution in [-0.4, -0.2) is 32.4 Å². The summed E-state index contributed by atoms with van der Waals surface area (Å²) in [4.78, 5) is 15.6. The second-order valence-corrected chi connectivity index (χ2v) is 9.59. The molecule has 2 N–H and O–H groups in total. The molecule has 1 aliphatic rings. The van der Waals surface area contributed by atoms with Crippen molar-refractivity contribution >= 4 is 17.7 Å². The highest BCUT2D eigenvalue weighted by atomic mass is 32.2. The van der Waals surface area contributed by atoms with Gasteiger partial charge in [0.25, 0.3) is 0 Å². The van der Waals surface area contributed by atoms with Gasteiger partial charge in [0.05, 0.1) is 18.8 Å². The molecule has 34 heavy (non-hydrogen) atoms. The van der Waals surface area contributed by atoms with E-state index < -0.39 is 6.29 Å². The molecule has 8 heteroatoms. The van der Waals surface area contributed by atoms with Crippen LogP contribution >= 0.6 is 11.8 Å². The topological polar surface area (TPSA) is 85.6 Å². The monoisotopic (exact) mass is 481 g/mol. The summed E-state index contributed by atoms with van der Waals surface area (Å²) >= 11 is 1.67. The van der Waals surface area contributed by atoms with Crippen molar-refractivity contribution in [2.24, 2.45) is 13.0 Å². The average Bonchev–Trinajstić information content (AvgIpc) is 3.27. The molecule has 2 aromatic carbocycles. The van der Waals surface area contributed by atoms with Crippen LogP contribution in [0.25, 0.3) is 0 Å². The molecule has 1 saturated heterocycles. The molecule has 4 atom stereocenters. The fraction of sp³-hybridized carbons (Fsp3) is 0.385. The highest BCUT2D eigenvalue weighted by molar-refractivity contribution is 7.99. The summed E-state index contributed by atoms with van der Waals surface area (Å²) in [5, 5.41) is 13.2. The second-order valence-electron chi connectivity index (χ2n) is 8.61. The van der Waals surface area contributed by atoms with Gasteiger partial charge in [-0.1, -0.05) is 67.2 Å². The molecule has 180 valence electrons. The summed E-state index contributed by atoms with van der Waals surface area (Å²) in [5.74, 6) is 0.806. The summed E-state index contributed by atoms with van der Waals surface area (Å²) in [6.45, 7) is 4.17. The Kier molecular flexibility index (Phi) is 8.05. The number of aliphatic hydroxyl groups is 1. The van der Waals surface area contributed by atoms with Crippen LogP contribution in [0.4, 0.5) is 0 Å². The van der Waals surface area contributed by atoms with E-state index in [4.69, 9.17) is 9.47 Å². The maximum absolute atomic E-state index is 11.2. The number of nitrogens with one attached hydrogen (secondary N) is 1. The number of benzene rings is 2. The molecule has 0 saturated carbocycles. The first kappa shape index (κ1) is 24.5. The molecule has 2 heterocycles. The Morgan fingerprint density at radius 2 is 1.76 bits per heavy atom. The predicted octanol–water partition coefficient (Wildman–Crippen LogP) is 4.13. The van der Waals surface area contributed by atoms with E-state index in [0.717, 1.165) is 33.2 Å². The summed E-state index contributed by atoms with van der Waals surface area (Å²) in [6.07, 6.45) is 3.01. The second kappa shape index (κ2) is 11.2. The fourth-order valence-electron chi connectivity index (χ4n) is 3.98. The van der Waals surface area contributed by atoms with Crippen molar-refractivity contribution in [1.29, 1.82) is 0 Å². The zero-order valence-electron chi connectivity index (χ0n) is 19.7. The van der Waals surface area contributed by atoms with Crippen molar-refractivity contribution < 1.29 is 19.4 Å². The number of rotatable bonds is 8. The maximum atomic E-state index is 11.2. The number of amides is 1. The smallest absolute Gasteiger partial charge is 0.217 e. The molecule has 0 unspecified atom stereocenters. The van der Waals surface area contributed by atoms with Crippen LogP contribution in [0.3, 0.4) is 0 Å². The lowest BCUT2D eigenvalue weighted by Gasteiger charge is -2.41. The van der Waals surface area contributed by atoms with E-state index in [2.05, 4.69) is 17.2 Å². The number of carbonyl (C=O) groups is 1. The number of hydrogen-bond acceptors (Lipinski definition) is 6. The summed E-state index contributed by atoms with van der Waals surface area (Å²) < 4.78 is 15.0. The van der Waals surface area contributed by atoms with Gasteiger partial charge in [-0.25, -0.2) is 4.98 Å². The first-order valence-corrected chi connectivity index (χ1v) is 12.4. The van der Waals surface area contributed by atoms with Gasteiger partial charge in [0.1, 0.15) is 0 Å². The molecular weight excluding hydrogens is 450 g/mol. The Bertz CT molecular complexity index is 1080. The Balaban J connectivity index is 1.55. The lowest BCUT2D eigenvalue weighted by molar-refractivity contribution is -0.268. The van der Waals surface area contributed by atoms with E-state index >= 15 is 0 Å². The van der Waals surface area contributed by atoms with E-state index in [9.17, 15) is 9.90 Å². The molecule has 7 nitrogen and oxygen atoms in total. The molecule has 0 radical (unpaired) electrons. The van der Waals surface area contributed by atoms with Gasteiger partial charge in [0, 0.05) is 50.1 Å². The lowest BCUT2D eigenvalue weighted by atomic mass is 9.91. The van der Waals surface area contributed by atoms with Crippen LogP contribution in [0, 0.1) is 5.92 Å². The van der Waals surface area contributed by atoms with Crippen molar-refractivity contribution in [3.8, 4) is 0 Å². The summed E-state index contributed by atoms with van der Waals surface area (Å²) in [6, 6.07) is 15.9. The Labute approximate surface area is 204 Å². The molecule has 0 spiro atoms. The number of imidazole rings is 1. The van der Waals surface area contributed by atoms with E-state index in [1.54, 1.807) is 18.0 Å². The summed E-state index contributed by atoms with van der Waals surface area (Å²) in [7, 11) is 1.99. The Morgan fingerprint density at radius 3 is 2.38 bits per heavy atom. The van der Waals surface area contributed by atoms with Gasteiger partial charge in [-0.15, -0.1) is 0 Å². The number of nitrogens with zero attached hydrogens (tertiary/aromatic N) is 2. The van der Waals surface area contributed by atoms with E-state index in [1.807, 2.05) is 66.3 Å². The quantitative estimate of drug-likeness (QED) is 0.471. The fourth-order valence-corrected chi connectivity index (χ4v) is 5.07. The van der Waals surface area contributed by atoms with Crippen molar-refractivity contribution in [3.05, 3.63) is 83.2 Å². The third-order valence-electron chi connectivity index (χ3n) is 6.07. The van der Waals surface area contributed by atoms with E-state index in [1.165, 1.54) is 6.92 Å². The zero-order valence-corrected chi connectivity index (χ0v) is 20.5. The van der Waals surface area contributed by atoms with Crippen LogP contribution in [0.1, 0.15) is 48.5 Å². The molecule has 3 aromatic rings. The van der Waals surface area contributed by atoms with Gasteiger partial charge in [-0.05, 0) is 16.7 Å². The number of aliphatic hydroxyl groups excluding tert-OH is 1. The first-order valence-electron chi connectivity index (χ1n) is 11.4. The standard InChI is InChI=1S/C26H31N3O4S/c1-17-23(16-34-26-27-12-13-29(26)3)32-25(22-10-4-19(5-11-22)14-28-18(2)31)33-24(17)21-8-6-20(15-30)7-9-21/h4-13,17,23-25,30H,14-16H2,1-3H3,(H,28,31)/t17-,23+,24+,25+/m0/s1. The van der Waals surface area contributed by atoms with Crippen molar-refractivity contribution in [3.63, 3.8) is 0 Å². The van der Waals surface area contributed by atoms with Gasteiger partial charge in [0.2, 0.25) is 5.91 Å². The first-order chi connectivity index (χ1) is 16.4. The molecule has 0 bridgehead atoms. The number of carbonyl (C=O) groups excluding carboxylic acids is 1. The molecule has 1 amide bonds. The molecule has 4 rings (SSSR count). The third-order valence-corrected chi connectivity index (χ3v) is 7.22.